The van der Waals surface area contributed by atoms with E-state index in [1.165, 1.54) is 6.92 Å². The zero-order chi connectivity index (χ0) is 15.7. The van der Waals surface area contributed by atoms with Crippen LogP contribution in [0, 0.1) is 0 Å². The molecule has 0 spiro atoms. The van der Waals surface area contributed by atoms with Gasteiger partial charge in [-0.1, -0.05) is 5.16 Å². The van der Waals surface area contributed by atoms with Gasteiger partial charge in [-0.25, -0.2) is 0 Å². The Morgan fingerprint density at radius 3 is 2.86 bits per heavy atom. The molecule has 1 unspecified atom stereocenters. The smallest absolute Gasteiger partial charge is 0.240 e. The van der Waals surface area contributed by atoms with E-state index < -0.39 is 6.04 Å². The van der Waals surface area contributed by atoms with Crippen LogP contribution in [0.25, 0.3) is 0 Å². The highest BCUT2D eigenvalue weighted by atomic mass is 16.5. The molecule has 0 radical (unpaired) electrons. The Kier molecular flexibility index (Phi) is 7.01. The van der Waals surface area contributed by atoms with E-state index in [9.17, 15) is 4.79 Å². The van der Waals surface area contributed by atoms with Crippen LogP contribution in [0.5, 0.6) is 0 Å². The summed E-state index contributed by atoms with van der Waals surface area (Å²) < 4.78 is 4.97. The van der Waals surface area contributed by atoms with Crippen molar-refractivity contribution in [2.24, 2.45) is 11.5 Å². The van der Waals surface area contributed by atoms with Crippen molar-refractivity contribution < 1.29 is 14.4 Å². The Hall–Kier alpha value is -2.30. The molecule has 0 fully saturated rings. The number of hydrogen-bond acceptors (Lipinski definition) is 8. The highest BCUT2D eigenvalue weighted by Gasteiger charge is 2.12. The number of rotatable bonds is 6. The number of aliphatic hydroxyl groups excluding tert-OH is 1. The van der Waals surface area contributed by atoms with Gasteiger partial charge in [0.05, 0.1) is 25.4 Å². The second-order valence-electron chi connectivity index (χ2n) is 4.16. The standard InChI is InChI=1S/C9H14N6O2.C2H5NO/c10-7(5-16)9-14-8(17-15-9)4-11-1-6-2-12-13-3-6;1-2(3)4/h2-3,7,11,16H,1,4-5,10H2,(H,12,13);1H3,(H2,3,4). The molecule has 116 valence electrons. The minimum absolute atomic E-state index is 0.207. The molecule has 10 nitrogen and oxygen atoms in total. The maximum Gasteiger partial charge on any atom is 0.240 e. The zero-order valence-corrected chi connectivity index (χ0v) is 11.6. The van der Waals surface area contributed by atoms with Gasteiger partial charge in [-0.3, -0.25) is 9.89 Å². The zero-order valence-electron chi connectivity index (χ0n) is 11.6. The number of nitrogens with two attached hydrogens (primary N) is 2. The fourth-order valence-electron chi connectivity index (χ4n) is 1.26. The van der Waals surface area contributed by atoms with E-state index >= 15 is 0 Å². The van der Waals surface area contributed by atoms with E-state index in [1.54, 1.807) is 12.4 Å². The fraction of sp³-hybridized carbons (Fsp3) is 0.455. The van der Waals surface area contributed by atoms with Crippen molar-refractivity contribution in [3.05, 3.63) is 29.7 Å². The Morgan fingerprint density at radius 1 is 1.57 bits per heavy atom. The van der Waals surface area contributed by atoms with Crippen molar-refractivity contribution in [3.8, 4) is 0 Å². The molecule has 0 bridgehead atoms. The Balaban J connectivity index is 0.000000491. The average molecular weight is 297 g/mol. The van der Waals surface area contributed by atoms with Crippen molar-refractivity contribution in [1.82, 2.24) is 25.7 Å². The molecule has 1 amide bonds. The summed E-state index contributed by atoms with van der Waals surface area (Å²) in [6.45, 7) is 2.19. The molecule has 0 saturated heterocycles. The number of nitrogens with one attached hydrogen (secondary N) is 2. The van der Waals surface area contributed by atoms with Crippen molar-refractivity contribution in [1.29, 1.82) is 0 Å². The molecular formula is C11H19N7O3. The molecule has 0 aliphatic rings. The van der Waals surface area contributed by atoms with Gasteiger partial charge in [0.2, 0.25) is 11.8 Å². The summed E-state index contributed by atoms with van der Waals surface area (Å²) in [6.07, 6.45) is 3.53. The predicted molar refractivity (Wildman–Crippen MR) is 72.3 cm³/mol. The maximum atomic E-state index is 9.22. The van der Waals surface area contributed by atoms with E-state index in [0.717, 1.165) is 5.56 Å². The molecule has 2 heterocycles. The lowest BCUT2D eigenvalue weighted by molar-refractivity contribution is -0.115. The second-order valence-corrected chi connectivity index (χ2v) is 4.16. The van der Waals surface area contributed by atoms with Crippen molar-refractivity contribution >= 4 is 5.91 Å². The largest absolute Gasteiger partial charge is 0.394 e. The summed E-state index contributed by atoms with van der Waals surface area (Å²) in [5.74, 6) is 0.417. The highest BCUT2D eigenvalue weighted by molar-refractivity contribution is 5.70. The van der Waals surface area contributed by atoms with Gasteiger partial charge in [0.15, 0.2) is 5.82 Å². The summed E-state index contributed by atoms with van der Waals surface area (Å²) in [4.78, 5) is 13.3. The van der Waals surface area contributed by atoms with Gasteiger partial charge < -0.3 is 26.4 Å². The summed E-state index contributed by atoms with van der Waals surface area (Å²) >= 11 is 0. The number of H-pyrrole nitrogens is 1. The lowest BCUT2D eigenvalue weighted by atomic mass is 10.3. The fourth-order valence-corrected chi connectivity index (χ4v) is 1.26. The van der Waals surface area contributed by atoms with Crippen LogP contribution < -0.4 is 16.8 Å². The van der Waals surface area contributed by atoms with E-state index in [2.05, 4.69) is 31.4 Å². The number of carbonyl (C=O) groups is 1. The van der Waals surface area contributed by atoms with Crippen molar-refractivity contribution in [3.63, 3.8) is 0 Å². The van der Waals surface area contributed by atoms with Crippen LogP contribution in [0.2, 0.25) is 0 Å². The lowest BCUT2D eigenvalue weighted by Crippen LogP contribution is -2.16. The van der Waals surface area contributed by atoms with Crippen LogP contribution in [0.3, 0.4) is 0 Å². The third kappa shape index (κ3) is 6.61. The second kappa shape index (κ2) is 8.79. The number of aliphatic hydroxyl groups is 1. The van der Waals surface area contributed by atoms with E-state index in [4.69, 9.17) is 15.4 Å². The highest BCUT2D eigenvalue weighted by Crippen LogP contribution is 2.05. The maximum absolute atomic E-state index is 9.22. The van der Waals surface area contributed by atoms with E-state index in [1.807, 2.05) is 0 Å². The SMILES string of the molecule is CC(N)=O.NC(CO)c1noc(CNCc2cn[nH]c2)n1. The molecule has 2 aromatic heterocycles. The number of nitrogens with zero attached hydrogens (tertiary/aromatic N) is 3. The third-order valence-electron chi connectivity index (χ3n) is 2.17. The van der Waals surface area contributed by atoms with Crippen LogP contribution in [0.1, 0.15) is 30.2 Å². The average Bonchev–Trinajstić information content (AvgIpc) is 3.08. The predicted octanol–water partition coefficient (Wildman–Crippen LogP) is -1.43. The summed E-state index contributed by atoms with van der Waals surface area (Å²) in [5, 5.41) is 22.2. The first-order valence-corrected chi connectivity index (χ1v) is 6.16. The van der Waals surface area contributed by atoms with Gasteiger partial charge in [0, 0.05) is 25.2 Å². The molecule has 0 aliphatic heterocycles. The van der Waals surface area contributed by atoms with Crippen LogP contribution in [-0.2, 0) is 17.9 Å². The van der Waals surface area contributed by atoms with Gasteiger partial charge in [0.25, 0.3) is 0 Å². The minimum atomic E-state index is -0.596. The van der Waals surface area contributed by atoms with Crippen molar-refractivity contribution in [2.75, 3.05) is 6.61 Å². The lowest BCUT2D eigenvalue weighted by Gasteiger charge is -1.99. The number of primary amides is 1. The van der Waals surface area contributed by atoms with Gasteiger partial charge in [-0.2, -0.15) is 10.1 Å². The number of aromatic amines is 1. The van der Waals surface area contributed by atoms with E-state index in [0.29, 0.717) is 24.8 Å². The minimum Gasteiger partial charge on any atom is -0.394 e. The van der Waals surface area contributed by atoms with Gasteiger partial charge in [0.1, 0.15) is 0 Å². The molecule has 0 aliphatic carbocycles. The van der Waals surface area contributed by atoms with Gasteiger partial charge in [-0.05, 0) is 0 Å². The molecule has 21 heavy (non-hydrogen) atoms. The quantitative estimate of drug-likeness (QED) is 0.432. The molecule has 1 atom stereocenters. The first-order chi connectivity index (χ1) is 10.0. The number of aromatic nitrogens is 4. The van der Waals surface area contributed by atoms with Gasteiger partial charge in [-0.15, -0.1) is 0 Å². The van der Waals surface area contributed by atoms with Crippen LogP contribution in [-0.4, -0.2) is 38.0 Å². The third-order valence-corrected chi connectivity index (χ3v) is 2.17. The monoisotopic (exact) mass is 297 g/mol. The molecule has 7 N–H and O–H groups in total. The molecule has 2 rings (SSSR count). The van der Waals surface area contributed by atoms with Crippen LogP contribution in [0.15, 0.2) is 16.9 Å². The number of carbonyl (C=O) groups excluding carboxylic acids is 1. The van der Waals surface area contributed by atoms with Crippen LogP contribution in [0.4, 0.5) is 0 Å². The Labute approximate surface area is 120 Å². The Morgan fingerprint density at radius 2 is 2.29 bits per heavy atom. The molecule has 2 aromatic rings. The van der Waals surface area contributed by atoms with Crippen LogP contribution >= 0.6 is 0 Å². The van der Waals surface area contributed by atoms with E-state index in [-0.39, 0.29) is 12.5 Å². The number of hydrogen-bond donors (Lipinski definition) is 5. The Bertz CT molecular complexity index is 522. The normalized spacial score (nSPS) is 11.6. The summed E-state index contributed by atoms with van der Waals surface area (Å²) in [5.41, 5.74) is 11.1. The summed E-state index contributed by atoms with van der Waals surface area (Å²) in [6, 6.07) is -0.596. The topological polar surface area (TPSA) is 169 Å². The molecule has 10 heteroatoms. The van der Waals surface area contributed by atoms with Crippen molar-refractivity contribution in [2.45, 2.75) is 26.1 Å². The first kappa shape index (κ1) is 16.8. The van der Waals surface area contributed by atoms with Gasteiger partial charge >= 0.3 is 0 Å². The summed E-state index contributed by atoms with van der Waals surface area (Å²) in [7, 11) is 0. The first-order valence-electron chi connectivity index (χ1n) is 6.16. The molecule has 0 saturated carbocycles. The molecular weight excluding hydrogens is 278 g/mol. The molecule has 0 aromatic carbocycles. The number of amides is 1.